The van der Waals surface area contributed by atoms with E-state index in [0.717, 1.165) is 12.8 Å². The first-order valence-electron chi connectivity index (χ1n) is 4.79. The molecule has 0 aliphatic rings. The highest BCUT2D eigenvalue weighted by atomic mass is 16.4. The molecule has 0 bridgehead atoms. The fourth-order valence-electron chi connectivity index (χ4n) is 1.45. The molecule has 0 spiro atoms. The molecule has 3 nitrogen and oxygen atoms in total. The second-order valence-corrected chi connectivity index (χ2v) is 4.05. The summed E-state index contributed by atoms with van der Waals surface area (Å²) in [5.74, 6) is -0.863. The third-order valence-electron chi connectivity index (χ3n) is 2.79. The van der Waals surface area contributed by atoms with E-state index in [9.17, 15) is 9.90 Å². The van der Waals surface area contributed by atoms with E-state index < -0.39 is 17.5 Å². The van der Waals surface area contributed by atoms with Crippen molar-refractivity contribution < 1.29 is 15.0 Å². The normalized spacial score (nSPS) is 14.6. The Kier molecular flexibility index (Phi) is 4.40. The molecular formula is C10H20O3. The largest absolute Gasteiger partial charge is 0.481 e. The number of aliphatic hydroxyl groups excluding tert-OH is 1. The molecule has 0 rings (SSSR count). The lowest BCUT2D eigenvalue weighted by atomic mass is 9.77. The third kappa shape index (κ3) is 2.69. The van der Waals surface area contributed by atoms with Gasteiger partial charge in [0.15, 0.2) is 0 Å². The molecule has 0 aliphatic heterocycles. The number of carbonyl (C=O) groups is 1. The molecule has 3 heteroatoms. The lowest BCUT2D eigenvalue weighted by Crippen LogP contribution is -2.41. The van der Waals surface area contributed by atoms with Crippen molar-refractivity contribution in [3.8, 4) is 0 Å². The highest BCUT2D eigenvalue weighted by Gasteiger charge is 2.38. The van der Waals surface area contributed by atoms with Crippen LogP contribution in [-0.4, -0.2) is 22.3 Å². The number of hydrogen-bond donors (Lipinski definition) is 2. The van der Waals surface area contributed by atoms with Gasteiger partial charge in [0.2, 0.25) is 0 Å². The molecule has 0 amide bonds. The molecule has 0 aliphatic carbocycles. The number of hydrogen-bond acceptors (Lipinski definition) is 2. The molecule has 2 N–H and O–H groups in total. The quantitative estimate of drug-likeness (QED) is 0.692. The number of aliphatic hydroxyl groups is 1. The molecule has 0 aromatic rings. The van der Waals surface area contributed by atoms with Crippen LogP contribution in [0, 0.1) is 11.3 Å². The zero-order chi connectivity index (χ0) is 10.6. The first-order valence-corrected chi connectivity index (χ1v) is 4.79. The van der Waals surface area contributed by atoms with Gasteiger partial charge in [-0.25, -0.2) is 0 Å². The van der Waals surface area contributed by atoms with Crippen LogP contribution in [0.3, 0.4) is 0 Å². The van der Waals surface area contributed by atoms with Gasteiger partial charge in [-0.15, -0.1) is 0 Å². The van der Waals surface area contributed by atoms with Gasteiger partial charge in [0.1, 0.15) is 0 Å². The average molecular weight is 188 g/mol. The third-order valence-corrected chi connectivity index (χ3v) is 2.79. The fourth-order valence-corrected chi connectivity index (χ4v) is 1.45. The van der Waals surface area contributed by atoms with E-state index in [1.54, 1.807) is 13.8 Å². The minimum atomic E-state index is -1.04. The first-order chi connectivity index (χ1) is 5.87. The van der Waals surface area contributed by atoms with E-state index in [1.807, 2.05) is 13.8 Å². The Bertz CT molecular complexity index is 171. The minimum absolute atomic E-state index is 0.0751. The first kappa shape index (κ1) is 12.4. The molecule has 78 valence electrons. The van der Waals surface area contributed by atoms with Crippen LogP contribution in [-0.2, 0) is 4.79 Å². The Morgan fingerprint density at radius 3 is 1.92 bits per heavy atom. The van der Waals surface area contributed by atoms with Crippen molar-refractivity contribution in [1.82, 2.24) is 0 Å². The summed E-state index contributed by atoms with van der Waals surface area (Å²) in [5.41, 5.74) is -1.04. The second kappa shape index (κ2) is 4.61. The summed E-state index contributed by atoms with van der Waals surface area (Å²) in [7, 11) is 0. The van der Waals surface area contributed by atoms with Crippen LogP contribution in [0.2, 0.25) is 0 Å². The Balaban J connectivity index is 4.55. The van der Waals surface area contributed by atoms with Crippen molar-refractivity contribution in [1.29, 1.82) is 0 Å². The summed E-state index contributed by atoms with van der Waals surface area (Å²) in [5, 5.41) is 18.7. The van der Waals surface area contributed by atoms with Gasteiger partial charge in [-0.1, -0.05) is 26.7 Å². The van der Waals surface area contributed by atoms with Crippen molar-refractivity contribution in [2.45, 2.75) is 46.6 Å². The van der Waals surface area contributed by atoms with E-state index in [2.05, 4.69) is 0 Å². The summed E-state index contributed by atoms with van der Waals surface area (Å²) in [6.45, 7) is 7.07. The van der Waals surface area contributed by atoms with Gasteiger partial charge in [-0.2, -0.15) is 0 Å². The SMILES string of the molecule is CCC(CC)C(O)C(C)(C)C(=O)O. The summed E-state index contributed by atoms with van der Waals surface area (Å²) < 4.78 is 0. The van der Waals surface area contributed by atoms with Gasteiger partial charge in [-0.05, 0) is 19.8 Å². The summed E-state index contributed by atoms with van der Waals surface area (Å²) in [4.78, 5) is 10.8. The molecular weight excluding hydrogens is 168 g/mol. The fraction of sp³-hybridized carbons (Fsp3) is 0.900. The Morgan fingerprint density at radius 1 is 1.31 bits per heavy atom. The molecule has 0 saturated carbocycles. The van der Waals surface area contributed by atoms with Gasteiger partial charge in [-0.3, -0.25) is 4.79 Å². The van der Waals surface area contributed by atoms with Gasteiger partial charge in [0, 0.05) is 0 Å². The number of rotatable bonds is 5. The highest BCUT2D eigenvalue weighted by Crippen LogP contribution is 2.29. The van der Waals surface area contributed by atoms with Crippen LogP contribution < -0.4 is 0 Å². The number of aliphatic carboxylic acids is 1. The topological polar surface area (TPSA) is 57.5 Å². The van der Waals surface area contributed by atoms with Gasteiger partial charge in [0.25, 0.3) is 0 Å². The van der Waals surface area contributed by atoms with Crippen LogP contribution in [0.5, 0.6) is 0 Å². The second-order valence-electron chi connectivity index (χ2n) is 4.05. The van der Waals surface area contributed by atoms with E-state index in [4.69, 9.17) is 5.11 Å². The molecule has 0 aromatic carbocycles. The standard InChI is InChI=1S/C10H20O3/c1-5-7(6-2)8(11)10(3,4)9(12)13/h7-8,11H,5-6H2,1-4H3,(H,12,13). The predicted molar refractivity (Wildman–Crippen MR) is 51.5 cm³/mol. The minimum Gasteiger partial charge on any atom is -0.481 e. The van der Waals surface area contributed by atoms with Crippen molar-refractivity contribution in [3.05, 3.63) is 0 Å². The Morgan fingerprint density at radius 2 is 1.69 bits per heavy atom. The number of carboxylic acids is 1. The molecule has 0 radical (unpaired) electrons. The van der Waals surface area contributed by atoms with Crippen LogP contribution in [0.15, 0.2) is 0 Å². The maximum Gasteiger partial charge on any atom is 0.311 e. The smallest absolute Gasteiger partial charge is 0.311 e. The zero-order valence-corrected chi connectivity index (χ0v) is 8.87. The van der Waals surface area contributed by atoms with Crippen molar-refractivity contribution >= 4 is 5.97 Å². The van der Waals surface area contributed by atoms with E-state index >= 15 is 0 Å². The lowest BCUT2D eigenvalue weighted by Gasteiger charge is -2.31. The molecule has 0 fully saturated rings. The van der Waals surface area contributed by atoms with E-state index in [-0.39, 0.29) is 5.92 Å². The molecule has 0 heterocycles. The molecule has 0 saturated heterocycles. The van der Waals surface area contributed by atoms with E-state index in [1.165, 1.54) is 0 Å². The van der Waals surface area contributed by atoms with Crippen LogP contribution in [0.1, 0.15) is 40.5 Å². The van der Waals surface area contributed by atoms with Crippen molar-refractivity contribution in [2.24, 2.45) is 11.3 Å². The summed E-state index contributed by atoms with van der Waals surface area (Å²) in [6, 6.07) is 0. The molecule has 1 unspecified atom stereocenters. The summed E-state index contributed by atoms with van der Waals surface area (Å²) in [6.07, 6.45) is 0.864. The maximum atomic E-state index is 10.8. The average Bonchev–Trinajstić information content (AvgIpc) is 2.06. The Labute approximate surface area is 79.8 Å². The van der Waals surface area contributed by atoms with Crippen molar-refractivity contribution in [3.63, 3.8) is 0 Å². The Hall–Kier alpha value is -0.570. The molecule has 0 aromatic heterocycles. The molecule has 13 heavy (non-hydrogen) atoms. The van der Waals surface area contributed by atoms with Crippen LogP contribution in [0.25, 0.3) is 0 Å². The molecule has 1 atom stereocenters. The van der Waals surface area contributed by atoms with Gasteiger partial charge in [0.05, 0.1) is 11.5 Å². The lowest BCUT2D eigenvalue weighted by molar-refractivity contribution is -0.156. The van der Waals surface area contributed by atoms with Gasteiger partial charge < -0.3 is 10.2 Å². The monoisotopic (exact) mass is 188 g/mol. The van der Waals surface area contributed by atoms with Crippen molar-refractivity contribution in [2.75, 3.05) is 0 Å². The highest BCUT2D eigenvalue weighted by molar-refractivity contribution is 5.74. The maximum absolute atomic E-state index is 10.8. The van der Waals surface area contributed by atoms with Crippen LogP contribution in [0.4, 0.5) is 0 Å². The number of carboxylic acid groups (broad SMARTS) is 1. The van der Waals surface area contributed by atoms with Gasteiger partial charge >= 0.3 is 5.97 Å². The van der Waals surface area contributed by atoms with E-state index in [0.29, 0.717) is 0 Å². The summed E-state index contributed by atoms with van der Waals surface area (Å²) >= 11 is 0. The van der Waals surface area contributed by atoms with Crippen LogP contribution >= 0.6 is 0 Å². The predicted octanol–water partition coefficient (Wildman–Crippen LogP) is 1.89. The zero-order valence-electron chi connectivity index (χ0n) is 8.87.